The molecule has 0 aliphatic carbocycles. The number of esters is 1. The van der Waals surface area contributed by atoms with E-state index in [1.165, 1.54) is 18.2 Å². The van der Waals surface area contributed by atoms with Crippen LogP contribution in [0.1, 0.15) is 36.7 Å². The van der Waals surface area contributed by atoms with Gasteiger partial charge in [0.05, 0.1) is 11.5 Å². The van der Waals surface area contributed by atoms with Crippen molar-refractivity contribution in [3.05, 3.63) is 75.8 Å². The maximum atomic E-state index is 12.3. The number of allylic oxidation sites excluding steroid dienone is 1. The van der Waals surface area contributed by atoms with Crippen LogP contribution in [0.3, 0.4) is 0 Å². The van der Waals surface area contributed by atoms with Crippen LogP contribution in [0.2, 0.25) is 0 Å². The highest BCUT2D eigenvalue weighted by Crippen LogP contribution is 2.21. The van der Waals surface area contributed by atoms with Crippen molar-refractivity contribution in [3.63, 3.8) is 0 Å². The van der Waals surface area contributed by atoms with Crippen molar-refractivity contribution in [3.8, 4) is 5.75 Å². The summed E-state index contributed by atoms with van der Waals surface area (Å²) in [6, 6.07) is 12.3. The van der Waals surface area contributed by atoms with E-state index in [4.69, 9.17) is 9.47 Å². The fourth-order valence-corrected chi connectivity index (χ4v) is 2.30. The molecule has 7 nitrogen and oxygen atoms in total. The molecule has 0 unspecified atom stereocenters. The van der Waals surface area contributed by atoms with Crippen LogP contribution in [0.5, 0.6) is 5.75 Å². The highest BCUT2D eigenvalue weighted by molar-refractivity contribution is 6.06. The number of carbonyl (C=O) groups is 2. The van der Waals surface area contributed by atoms with Gasteiger partial charge >= 0.3 is 5.97 Å². The predicted molar refractivity (Wildman–Crippen MR) is 104 cm³/mol. The number of rotatable bonds is 8. The van der Waals surface area contributed by atoms with Crippen LogP contribution >= 0.6 is 0 Å². The fourth-order valence-electron chi connectivity index (χ4n) is 2.30. The molecule has 0 aliphatic heterocycles. The number of benzene rings is 2. The first-order valence-corrected chi connectivity index (χ1v) is 8.66. The van der Waals surface area contributed by atoms with Crippen LogP contribution in [-0.4, -0.2) is 28.9 Å². The topological polar surface area (TPSA) is 95.7 Å². The van der Waals surface area contributed by atoms with E-state index in [-0.39, 0.29) is 18.1 Å². The molecular formula is C21H21NO6. The number of ketones is 1. The minimum Gasteiger partial charge on any atom is -0.476 e. The van der Waals surface area contributed by atoms with Crippen molar-refractivity contribution in [2.75, 3.05) is 6.61 Å². The summed E-state index contributed by atoms with van der Waals surface area (Å²) in [4.78, 5) is 34.3. The number of non-ortho nitro benzene ring substituents is 1. The molecule has 2 aromatic carbocycles. The lowest BCUT2D eigenvalue weighted by Gasteiger charge is -2.24. The summed E-state index contributed by atoms with van der Waals surface area (Å²) in [5, 5.41) is 10.6. The number of nitro benzene ring substituents is 1. The Labute approximate surface area is 162 Å². The number of hydrogen-bond acceptors (Lipinski definition) is 6. The van der Waals surface area contributed by atoms with Crippen molar-refractivity contribution in [1.29, 1.82) is 0 Å². The fraction of sp³-hybridized carbons (Fsp3) is 0.238. The highest BCUT2D eigenvalue weighted by atomic mass is 16.6. The summed E-state index contributed by atoms with van der Waals surface area (Å²) in [7, 11) is 0. The van der Waals surface area contributed by atoms with Gasteiger partial charge in [-0.1, -0.05) is 6.08 Å². The van der Waals surface area contributed by atoms with Crippen LogP contribution in [0.15, 0.2) is 54.6 Å². The van der Waals surface area contributed by atoms with Gasteiger partial charge in [0, 0.05) is 17.7 Å². The second-order valence-corrected chi connectivity index (χ2v) is 6.40. The molecule has 0 bridgehead atoms. The number of nitro groups is 1. The van der Waals surface area contributed by atoms with E-state index in [2.05, 4.69) is 0 Å². The Kier molecular flexibility index (Phi) is 6.65. The molecule has 2 aromatic rings. The molecule has 0 spiro atoms. The lowest BCUT2D eigenvalue weighted by molar-refractivity contribution is -0.384. The van der Waals surface area contributed by atoms with E-state index in [1.807, 2.05) is 0 Å². The maximum absolute atomic E-state index is 12.3. The minimum absolute atomic E-state index is 0.00944. The molecule has 0 radical (unpaired) electrons. The van der Waals surface area contributed by atoms with Gasteiger partial charge in [0.25, 0.3) is 5.69 Å². The molecule has 0 heterocycles. The third-order valence-corrected chi connectivity index (χ3v) is 3.81. The second kappa shape index (κ2) is 8.94. The zero-order valence-electron chi connectivity index (χ0n) is 15.9. The summed E-state index contributed by atoms with van der Waals surface area (Å²) in [6.45, 7) is 5.20. The monoisotopic (exact) mass is 383 g/mol. The smallest absolute Gasteiger partial charge is 0.349 e. The molecule has 0 N–H and O–H groups in total. The van der Waals surface area contributed by atoms with Crippen LogP contribution in [0.25, 0.3) is 6.08 Å². The molecular weight excluding hydrogens is 362 g/mol. The van der Waals surface area contributed by atoms with Crippen LogP contribution in [0, 0.1) is 10.1 Å². The predicted octanol–water partition coefficient (Wildman–Crippen LogP) is 4.21. The molecule has 7 heteroatoms. The van der Waals surface area contributed by atoms with Gasteiger partial charge in [0.2, 0.25) is 0 Å². The number of carbonyl (C=O) groups excluding carboxylic acids is 2. The van der Waals surface area contributed by atoms with E-state index in [0.717, 1.165) is 0 Å². The average molecular weight is 383 g/mol. The summed E-state index contributed by atoms with van der Waals surface area (Å²) >= 11 is 0. The van der Waals surface area contributed by atoms with Crippen molar-refractivity contribution in [1.82, 2.24) is 0 Å². The quantitative estimate of drug-likeness (QED) is 0.223. The van der Waals surface area contributed by atoms with Crippen LogP contribution < -0.4 is 4.74 Å². The van der Waals surface area contributed by atoms with Gasteiger partial charge in [-0.05, 0) is 68.8 Å². The Bertz CT molecular complexity index is 882. The Balaban J connectivity index is 2.03. The maximum Gasteiger partial charge on any atom is 0.349 e. The normalized spacial score (nSPS) is 11.2. The zero-order valence-corrected chi connectivity index (χ0v) is 15.9. The van der Waals surface area contributed by atoms with Gasteiger partial charge in [0.1, 0.15) is 5.75 Å². The van der Waals surface area contributed by atoms with Gasteiger partial charge in [-0.3, -0.25) is 14.9 Å². The Morgan fingerprint density at radius 3 is 2.21 bits per heavy atom. The molecule has 0 fully saturated rings. The summed E-state index contributed by atoms with van der Waals surface area (Å²) in [5.41, 5.74) is -0.0310. The Hall–Kier alpha value is -3.48. The van der Waals surface area contributed by atoms with Crippen molar-refractivity contribution in [2.45, 2.75) is 26.4 Å². The van der Waals surface area contributed by atoms with E-state index in [1.54, 1.807) is 63.2 Å². The molecule has 0 aromatic heterocycles. The number of ether oxygens (including phenoxy) is 2. The SMILES string of the molecule is CCOC(=O)C(C)(C)Oc1ccc(C(=O)/C=C/c2ccc([N+](=O)[O-])cc2)cc1. The molecule has 0 amide bonds. The Morgan fingerprint density at radius 2 is 1.68 bits per heavy atom. The standard InChI is InChI=1S/C21H21NO6/c1-4-27-20(24)21(2,3)28-18-12-8-16(9-13-18)19(23)14-7-15-5-10-17(11-6-15)22(25)26/h5-14H,4H2,1-3H3/b14-7+. The van der Waals surface area contributed by atoms with Crippen molar-refractivity contribution in [2.24, 2.45) is 0 Å². The first-order valence-electron chi connectivity index (χ1n) is 8.66. The molecule has 146 valence electrons. The van der Waals surface area contributed by atoms with E-state index < -0.39 is 16.5 Å². The third kappa shape index (κ3) is 5.51. The molecule has 2 rings (SSSR count). The van der Waals surface area contributed by atoms with Crippen molar-refractivity contribution < 1.29 is 24.0 Å². The van der Waals surface area contributed by atoms with Gasteiger partial charge in [-0.25, -0.2) is 4.79 Å². The van der Waals surface area contributed by atoms with Gasteiger partial charge in [0.15, 0.2) is 11.4 Å². The van der Waals surface area contributed by atoms with E-state index in [0.29, 0.717) is 16.9 Å². The average Bonchev–Trinajstić information content (AvgIpc) is 2.67. The first kappa shape index (κ1) is 20.8. The van der Waals surface area contributed by atoms with Gasteiger partial charge in [-0.15, -0.1) is 0 Å². The summed E-state index contributed by atoms with van der Waals surface area (Å²) < 4.78 is 10.6. The lowest BCUT2D eigenvalue weighted by Crippen LogP contribution is -2.39. The number of nitrogens with zero attached hydrogens (tertiary/aromatic N) is 1. The Morgan fingerprint density at radius 1 is 1.07 bits per heavy atom. The van der Waals surface area contributed by atoms with Crippen molar-refractivity contribution >= 4 is 23.5 Å². The largest absolute Gasteiger partial charge is 0.476 e. The molecule has 28 heavy (non-hydrogen) atoms. The van der Waals surface area contributed by atoms with Gasteiger partial charge in [-0.2, -0.15) is 0 Å². The third-order valence-electron chi connectivity index (χ3n) is 3.81. The van der Waals surface area contributed by atoms with E-state index >= 15 is 0 Å². The zero-order chi connectivity index (χ0) is 20.7. The highest BCUT2D eigenvalue weighted by Gasteiger charge is 2.31. The first-order chi connectivity index (χ1) is 13.2. The molecule has 0 atom stereocenters. The number of hydrogen-bond donors (Lipinski definition) is 0. The summed E-state index contributed by atoms with van der Waals surface area (Å²) in [6.07, 6.45) is 2.97. The molecule has 0 aliphatic rings. The molecule has 0 saturated heterocycles. The van der Waals surface area contributed by atoms with E-state index in [9.17, 15) is 19.7 Å². The van der Waals surface area contributed by atoms with Gasteiger partial charge < -0.3 is 9.47 Å². The summed E-state index contributed by atoms with van der Waals surface area (Å²) in [5.74, 6) is -0.260. The minimum atomic E-state index is -1.14. The lowest BCUT2D eigenvalue weighted by atomic mass is 10.1. The van der Waals surface area contributed by atoms with Crippen LogP contribution in [0.4, 0.5) is 5.69 Å². The second-order valence-electron chi connectivity index (χ2n) is 6.40. The molecule has 0 saturated carbocycles. The van der Waals surface area contributed by atoms with Crippen LogP contribution in [-0.2, 0) is 9.53 Å².